The summed E-state index contributed by atoms with van der Waals surface area (Å²) in [6.07, 6.45) is 0.266. The number of aliphatic hydroxyl groups is 1. The van der Waals surface area contributed by atoms with E-state index in [1.54, 1.807) is 23.1 Å². The van der Waals surface area contributed by atoms with Crippen molar-refractivity contribution in [2.24, 2.45) is 0 Å². The van der Waals surface area contributed by atoms with Crippen molar-refractivity contribution in [3.63, 3.8) is 0 Å². The molecular formula is C20H21Cl2NO3. The van der Waals surface area contributed by atoms with Crippen LogP contribution in [-0.2, 0) is 9.53 Å². The third kappa shape index (κ3) is 3.89. The first-order valence-electron chi connectivity index (χ1n) is 8.59. The molecule has 1 aliphatic rings. The number of rotatable bonds is 5. The van der Waals surface area contributed by atoms with Crippen molar-refractivity contribution < 1.29 is 14.6 Å². The molecule has 1 unspecified atom stereocenters. The number of hydrogen-bond donors (Lipinski definition) is 1. The lowest BCUT2D eigenvalue weighted by Crippen LogP contribution is -2.51. The van der Waals surface area contributed by atoms with Crippen molar-refractivity contribution in [3.8, 4) is 0 Å². The SMILES string of the molecule is CCC(CO)N1C(=O)CO[C@H](c2cccc(Cl)c2)[C@H]1c1ccc(Cl)cc1. The second-order valence-corrected chi connectivity index (χ2v) is 7.20. The summed E-state index contributed by atoms with van der Waals surface area (Å²) >= 11 is 12.2. The topological polar surface area (TPSA) is 49.8 Å². The van der Waals surface area contributed by atoms with Crippen LogP contribution < -0.4 is 0 Å². The lowest BCUT2D eigenvalue weighted by molar-refractivity contribution is -0.165. The minimum Gasteiger partial charge on any atom is -0.394 e. The number of morpholine rings is 1. The minimum atomic E-state index is -0.381. The Balaban J connectivity index is 2.09. The molecule has 2 aromatic rings. The van der Waals surface area contributed by atoms with Crippen molar-refractivity contribution in [2.75, 3.05) is 13.2 Å². The zero-order valence-electron chi connectivity index (χ0n) is 14.4. The lowest BCUT2D eigenvalue weighted by Gasteiger charge is -2.45. The largest absolute Gasteiger partial charge is 0.394 e. The van der Waals surface area contributed by atoms with E-state index in [0.29, 0.717) is 16.5 Å². The van der Waals surface area contributed by atoms with Gasteiger partial charge in [-0.3, -0.25) is 4.79 Å². The number of hydrogen-bond acceptors (Lipinski definition) is 3. The van der Waals surface area contributed by atoms with Gasteiger partial charge in [-0.2, -0.15) is 0 Å². The summed E-state index contributed by atoms with van der Waals surface area (Å²) in [6, 6.07) is 14.2. The third-order valence-electron chi connectivity index (χ3n) is 4.72. The van der Waals surface area contributed by atoms with Crippen molar-refractivity contribution in [2.45, 2.75) is 31.5 Å². The standard InChI is InChI=1S/C20H21Cl2NO3/c1-2-17(11-24)23-18(25)12-26-20(14-4-3-5-16(22)10-14)19(23)13-6-8-15(21)9-7-13/h3-10,17,19-20,24H,2,11-12H2,1H3/t17?,19-,20-/m1/s1. The number of ether oxygens (including phenoxy) is 1. The molecule has 1 saturated heterocycles. The highest BCUT2D eigenvalue weighted by atomic mass is 35.5. The average Bonchev–Trinajstić information content (AvgIpc) is 2.64. The van der Waals surface area contributed by atoms with Crippen LogP contribution in [0.15, 0.2) is 48.5 Å². The molecule has 0 saturated carbocycles. The number of benzene rings is 2. The summed E-state index contributed by atoms with van der Waals surface area (Å²) < 4.78 is 5.93. The molecule has 138 valence electrons. The summed E-state index contributed by atoms with van der Waals surface area (Å²) in [7, 11) is 0. The van der Waals surface area contributed by atoms with Gasteiger partial charge in [0.2, 0.25) is 5.91 Å². The fraction of sp³-hybridized carbons (Fsp3) is 0.350. The molecule has 1 heterocycles. The van der Waals surface area contributed by atoms with Crippen LogP contribution in [0.1, 0.15) is 36.6 Å². The minimum absolute atomic E-state index is 0.0300. The van der Waals surface area contributed by atoms with Gasteiger partial charge in [-0.05, 0) is 41.8 Å². The molecule has 0 bridgehead atoms. The highest BCUT2D eigenvalue weighted by molar-refractivity contribution is 6.30. The van der Waals surface area contributed by atoms with Crippen LogP contribution in [0.2, 0.25) is 10.0 Å². The number of halogens is 2. The van der Waals surface area contributed by atoms with Gasteiger partial charge in [-0.25, -0.2) is 0 Å². The van der Waals surface area contributed by atoms with E-state index in [1.165, 1.54) is 0 Å². The van der Waals surface area contributed by atoms with Gasteiger partial charge < -0.3 is 14.7 Å². The number of nitrogens with zero attached hydrogens (tertiary/aromatic N) is 1. The molecule has 26 heavy (non-hydrogen) atoms. The quantitative estimate of drug-likeness (QED) is 0.818. The van der Waals surface area contributed by atoms with Crippen molar-refractivity contribution in [3.05, 3.63) is 69.7 Å². The Labute approximate surface area is 163 Å². The predicted octanol–water partition coefficient (Wildman–Crippen LogP) is 4.41. The normalized spacial score (nSPS) is 21.7. The average molecular weight is 394 g/mol. The first kappa shape index (κ1) is 19.2. The Morgan fingerprint density at radius 1 is 1.15 bits per heavy atom. The number of aliphatic hydroxyl groups excluding tert-OH is 1. The second-order valence-electron chi connectivity index (χ2n) is 6.33. The Morgan fingerprint density at radius 2 is 1.88 bits per heavy atom. The van der Waals surface area contributed by atoms with Crippen LogP contribution in [0.3, 0.4) is 0 Å². The first-order valence-corrected chi connectivity index (χ1v) is 9.35. The monoisotopic (exact) mass is 393 g/mol. The fourth-order valence-electron chi connectivity index (χ4n) is 3.43. The molecule has 1 aliphatic heterocycles. The Bertz CT molecular complexity index is 762. The summed E-state index contributed by atoms with van der Waals surface area (Å²) in [6.45, 7) is 1.82. The smallest absolute Gasteiger partial charge is 0.249 e. The molecule has 3 atom stereocenters. The lowest BCUT2D eigenvalue weighted by atomic mass is 9.91. The van der Waals surface area contributed by atoms with Crippen LogP contribution in [0, 0.1) is 0 Å². The van der Waals surface area contributed by atoms with E-state index in [1.807, 2.05) is 37.3 Å². The van der Waals surface area contributed by atoms with E-state index in [-0.39, 0.29) is 37.3 Å². The maximum absolute atomic E-state index is 12.7. The predicted molar refractivity (Wildman–Crippen MR) is 102 cm³/mol. The number of amides is 1. The van der Waals surface area contributed by atoms with E-state index in [9.17, 15) is 9.90 Å². The van der Waals surface area contributed by atoms with Gasteiger partial charge in [-0.15, -0.1) is 0 Å². The highest BCUT2D eigenvalue weighted by Gasteiger charge is 2.41. The van der Waals surface area contributed by atoms with Gasteiger partial charge in [0, 0.05) is 10.0 Å². The van der Waals surface area contributed by atoms with Gasteiger partial charge in [-0.1, -0.05) is 54.4 Å². The maximum atomic E-state index is 12.7. The van der Waals surface area contributed by atoms with E-state index in [4.69, 9.17) is 27.9 Å². The maximum Gasteiger partial charge on any atom is 0.249 e. The number of carbonyl (C=O) groups excluding carboxylic acids is 1. The molecule has 1 fully saturated rings. The van der Waals surface area contributed by atoms with Crippen molar-refractivity contribution in [1.29, 1.82) is 0 Å². The molecule has 4 nitrogen and oxygen atoms in total. The molecule has 1 amide bonds. The van der Waals surface area contributed by atoms with Crippen LogP contribution in [-0.4, -0.2) is 35.2 Å². The molecule has 0 radical (unpaired) electrons. The van der Waals surface area contributed by atoms with Gasteiger partial charge in [0.1, 0.15) is 12.7 Å². The molecular weight excluding hydrogens is 373 g/mol. The Hall–Kier alpha value is -1.59. The zero-order chi connectivity index (χ0) is 18.7. The molecule has 0 aromatic heterocycles. The molecule has 6 heteroatoms. The molecule has 2 aromatic carbocycles. The molecule has 3 rings (SSSR count). The Morgan fingerprint density at radius 3 is 2.50 bits per heavy atom. The van der Waals surface area contributed by atoms with Crippen LogP contribution >= 0.6 is 23.2 Å². The molecule has 1 N–H and O–H groups in total. The van der Waals surface area contributed by atoms with Crippen molar-refractivity contribution in [1.82, 2.24) is 4.90 Å². The summed E-state index contributed by atoms with van der Waals surface area (Å²) in [5.74, 6) is -0.135. The van der Waals surface area contributed by atoms with E-state index in [0.717, 1.165) is 11.1 Å². The molecule has 0 aliphatic carbocycles. The summed E-state index contributed by atoms with van der Waals surface area (Å²) in [5, 5.41) is 11.1. The summed E-state index contributed by atoms with van der Waals surface area (Å²) in [5.41, 5.74) is 1.79. The zero-order valence-corrected chi connectivity index (χ0v) is 16.0. The Kier molecular flexibility index (Phi) is 6.20. The van der Waals surface area contributed by atoms with Crippen LogP contribution in [0.5, 0.6) is 0 Å². The van der Waals surface area contributed by atoms with E-state index >= 15 is 0 Å². The van der Waals surface area contributed by atoms with Crippen molar-refractivity contribution >= 4 is 29.1 Å². The first-order chi connectivity index (χ1) is 12.5. The molecule has 0 spiro atoms. The van der Waals surface area contributed by atoms with E-state index in [2.05, 4.69) is 0 Å². The van der Waals surface area contributed by atoms with Crippen LogP contribution in [0.25, 0.3) is 0 Å². The fourth-order valence-corrected chi connectivity index (χ4v) is 3.75. The highest BCUT2D eigenvalue weighted by Crippen LogP contribution is 2.42. The van der Waals surface area contributed by atoms with Gasteiger partial charge in [0.05, 0.1) is 18.7 Å². The number of carbonyl (C=O) groups is 1. The van der Waals surface area contributed by atoms with Gasteiger partial charge in [0.25, 0.3) is 0 Å². The van der Waals surface area contributed by atoms with E-state index < -0.39 is 0 Å². The van der Waals surface area contributed by atoms with Gasteiger partial charge in [0.15, 0.2) is 0 Å². The second kappa shape index (κ2) is 8.40. The third-order valence-corrected chi connectivity index (χ3v) is 5.21. The summed E-state index contributed by atoms with van der Waals surface area (Å²) in [4.78, 5) is 14.4. The van der Waals surface area contributed by atoms with Gasteiger partial charge >= 0.3 is 0 Å². The van der Waals surface area contributed by atoms with Crippen LogP contribution in [0.4, 0.5) is 0 Å².